The number of benzene rings is 1. The van der Waals surface area contributed by atoms with Crippen molar-refractivity contribution in [3.63, 3.8) is 0 Å². The molecular formula is C12H14O3S. The number of ether oxygens (including phenoxy) is 1. The standard InChI is InChI=1S/C12H14O3S/c1-3-8-15-12(14)10-6-4-5-7-11(10)16-9(2)13/h4-7H,3,8H2,1-2H3. The van der Waals surface area contributed by atoms with Gasteiger partial charge in [0.15, 0.2) is 5.12 Å². The summed E-state index contributed by atoms with van der Waals surface area (Å²) in [6.45, 7) is 3.81. The SMILES string of the molecule is CCCOC(=O)c1ccccc1SC(C)=O. The summed E-state index contributed by atoms with van der Waals surface area (Å²) in [5.74, 6) is -0.369. The van der Waals surface area contributed by atoms with Crippen LogP contribution in [-0.4, -0.2) is 17.7 Å². The van der Waals surface area contributed by atoms with Crippen LogP contribution in [0.1, 0.15) is 30.6 Å². The Morgan fingerprint density at radius 2 is 2.00 bits per heavy atom. The Hall–Kier alpha value is -1.29. The van der Waals surface area contributed by atoms with Crippen LogP contribution in [0.5, 0.6) is 0 Å². The summed E-state index contributed by atoms with van der Waals surface area (Å²) in [6, 6.07) is 6.96. The van der Waals surface area contributed by atoms with Gasteiger partial charge in [-0.05, 0) is 18.6 Å². The Morgan fingerprint density at radius 3 is 2.62 bits per heavy atom. The minimum Gasteiger partial charge on any atom is -0.462 e. The molecule has 0 N–H and O–H groups in total. The molecule has 4 heteroatoms. The van der Waals surface area contributed by atoms with E-state index in [2.05, 4.69) is 0 Å². The topological polar surface area (TPSA) is 43.4 Å². The van der Waals surface area contributed by atoms with Crippen molar-refractivity contribution in [2.75, 3.05) is 6.61 Å². The fourth-order valence-electron chi connectivity index (χ4n) is 1.15. The molecule has 0 amide bonds. The third-order valence-corrected chi connectivity index (χ3v) is 2.66. The van der Waals surface area contributed by atoms with Crippen LogP contribution in [0.3, 0.4) is 0 Å². The molecule has 0 aliphatic rings. The molecule has 3 nitrogen and oxygen atoms in total. The zero-order chi connectivity index (χ0) is 12.0. The molecule has 0 bridgehead atoms. The van der Waals surface area contributed by atoms with E-state index in [4.69, 9.17) is 4.74 Å². The van der Waals surface area contributed by atoms with Gasteiger partial charge >= 0.3 is 5.97 Å². The molecule has 0 heterocycles. The highest BCUT2D eigenvalue weighted by molar-refractivity contribution is 8.13. The fourth-order valence-corrected chi connectivity index (χ4v) is 1.87. The highest BCUT2D eigenvalue weighted by atomic mass is 32.2. The third-order valence-electron chi connectivity index (χ3n) is 1.80. The predicted molar refractivity (Wildman–Crippen MR) is 63.6 cm³/mol. The van der Waals surface area contributed by atoms with Crippen molar-refractivity contribution < 1.29 is 14.3 Å². The highest BCUT2D eigenvalue weighted by Gasteiger charge is 2.13. The Balaban J connectivity index is 2.85. The van der Waals surface area contributed by atoms with Crippen LogP contribution in [0.25, 0.3) is 0 Å². The summed E-state index contributed by atoms with van der Waals surface area (Å²) in [5, 5.41) is -0.0456. The molecule has 0 aliphatic heterocycles. The smallest absolute Gasteiger partial charge is 0.339 e. The minimum absolute atomic E-state index is 0.0456. The van der Waals surface area contributed by atoms with Crippen LogP contribution in [0.4, 0.5) is 0 Å². The largest absolute Gasteiger partial charge is 0.462 e. The maximum Gasteiger partial charge on any atom is 0.339 e. The van der Waals surface area contributed by atoms with E-state index < -0.39 is 0 Å². The molecule has 0 unspecified atom stereocenters. The van der Waals surface area contributed by atoms with Gasteiger partial charge in [-0.25, -0.2) is 4.79 Å². The van der Waals surface area contributed by atoms with Crippen LogP contribution in [0.15, 0.2) is 29.2 Å². The maximum absolute atomic E-state index is 11.7. The molecule has 0 saturated heterocycles. The van der Waals surface area contributed by atoms with E-state index >= 15 is 0 Å². The van der Waals surface area contributed by atoms with Crippen LogP contribution in [0, 0.1) is 0 Å². The number of rotatable bonds is 4. The van der Waals surface area contributed by atoms with E-state index in [0.29, 0.717) is 17.1 Å². The average molecular weight is 238 g/mol. The molecular weight excluding hydrogens is 224 g/mol. The average Bonchev–Trinajstić information content (AvgIpc) is 2.26. The summed E-state index contributed by atoms with van der Waals surface area (Å²) in [7, 11) is 0. The molecule has 0 aliphatic carbocycles. The van der Waals surface area contributed by atoms with Crippen molar-refractivity contribution in [1.82, 2.24) is 0 Å². The zero-order valence-electron chi connectivity index (χ0n) is 9.36. The maximum atomic E-state index is 11.7. The Labute approximate surface area is 99.2 Å². The number of hydrogen-bond donors (Lipinski definition) is 0. The van der Waals surface area contributed by atoms with Gasteiger partial charge in [-0.2, -0.15) is 0 Å². The first-order valence-corrected chi connectivity index (χ1v) is 5.91. The molecule has 0 aromatic heterocycles. The van der Waals surface area contributed by atoms with Crippen LogP contribution in [-0.2, 0) is 9.53 Å². The van der Waals surface area contributed by atoms with Crippen LogP contribution >= 0.6 is 11.8 Å². The van der Waals surface area contributed by atoms with E-state index in [9.17, 15) is 9.59 Å². The molecule has 0 spiro atoms. The highest BCUT2D eigenvalue weighted by Crippen LogP contribution is 2.23. The molecule has 0 saturated carbocycles. The summed E-state index contributed by atoms with van der Waals surface area (Å²) in [5.41, 5.74) is 0.455. The summed E-state index contributed by atoms with van der Waals surface area (Å²) in [4.78, 5) is 23.3. The zero-order valence-corrected chi connectivity index (χ0v) is 10.2. The Kier molecular flexibility index (Phi) is 5.05. The molecule has 1 aromatic carbocycles. The Bertz CT molecular complexity index is 388. The number of carbonyl (C=O) groups excluding carboxylic acids is 2. The van der Waals surface area contributed by atoms with Gasteiger partial charge in [0.1, 0.15) is 0 Å². The van der Waals surface area contributed by atoms with E-state index in [1.54, 1.807) is 24.3 Å². The molecule has 0 fully saturated rings. The minimum atomic E-state index is -0.369. The lowest BCUT2D eigenvalue weighted by atomic mass is 10.2. The first kappa shape index (κ1) is 12.8. The second kappa shape index (κ2) is 6.33. The number of carbonyl (C=O) groups is 2. The van der Waals surface area contributed by atoms with Crippen LogP contribution < -0.4 is 0 Å². The van der Waals surface area contributed by atoms with E-state index in [1.807, 2.05) is 6.92 Å². The lowest BCUT2D eigenvalue weighted by Crippen LogP contribution is -2.07. The van der Waals surface area contributed by atoms with Crippen molar-refractivity contribution >= 4 is 22.8 Å². The summed E-state index contributed by atoms with van der Waals surface area (Å²) < 4.78 is 5.04. The number of hydrogen-bond acceptors (Lipinski definition) is 4. The molecule has 16 heavy (non-hydrogen) atoms. The molecule has 0 radical (unpaired) electrons. The number of thioether (sulfide) groups is 1. The van der Waals surface area contributed by atoms with E-state index in [0.717, 1.165) is 18.2 Å². The van der Waals surface area contributed by atoms with Crippen molar-refractivity contribution in [1.29, 1.82) is 0 Å². The van der Waals surface area contributed by atoms with Gasteiger partial charge in [-0.15, -0.1) is 0 Å². The van der Waals surface area contributed by atoms with Gasteiger partial charge in [-0.1, -0.05) is 30.8 Å². The van der Waals surface area contributed by atoms with Gasteiger partial charge < -0.3 is 4.74 Å². The summed E-state index contributed by atoms with van der Waals surface area (Å²) in [6.07, 6.45) is 0.785. The molecule has 0 atom stereocenters. The summed E-state index contributed by atoms with van der Waals surface area (Å²) >= 11 is 1.05. The van der Waals surface area contributed by atoms with Crippen molar-refractivity contribution in [2.45, 2.75) is 25.2 Å². The lowest BCUT2D eigenvalue weighted by Gasteiger charge is -2.06. The second-order valence-electron chi connectivity index (χ2n) is 3.23. The van der Waals surface area contributed by atoms with Crippen LogP contribution in [0.2, 0.25) is 0 Å². The van der Waals surface area contributed by atoms with Crippen molar-refractivity contribution in [3.8, 4) is 0 Å². The quantitative estimate of drug-likeness (QED) is 0.597. The predicted octanol–water partition coefficient (Wildman–Crippen LogP) is 2.89. The second-order valence-corrected chi connectivity index (χ2v) is 4.44. The third kappa shape index (κ3) is 3.70. The van der Waals surface area contributed by atoms with E-state index in [-0.39, 0.29) is 11.1 Å². The molecule has 86 valence electrons. The monoisotopic (exact) mass is 238 g/mol. The van der Waals surface area contributed by atoms with Gasteiger partial charge in [0.05, 0.1) is 12.2 Å². The first-order valence-electron chi connectivity index (χ1n) is 5.09. The van der Waals surface area contributed by atoms with E-state index in [1.165, 1.54) is 6.92 Å². The molecule has 1 rings (SSSR count). The van der Waals surface area contributed by atoms with Gasteiger partial charge in [0, 0.05) is 11.8 Å². The van der Waals surface area contributed by atoms with Crippen molar-refractivity contribution in [2.24, 2.45) is 0 Å². The molecule has 1 aromatic rings. The van der Waals surface area contributed by atoms with Gasteiger partial charge in [0.2, 0.25) is 0 Å². The van der Waals surface area contributed by atoms with Gasteiger partial charge in [-0.3, -0.25) is 4.79 Å². The lowest BCUT2D eigenvalue weighted by molar-refractivity contribution is -0.109. The van der Waals surface area contributed by atoms with Crippen molar-refractivity contribution in [3.05, 3.63) is 29.8 Å². The Morgan fingerprint density at radius 1 is 1.31 bits per heavy atom. The van der Waals surface area contributed by atoms with Gasteiger partial charge in [0.25, 0.3) is 0 Å². The first-order chi connectivity index (χ1) is 7.65. The normalized spacial score (nSPS) is 9.88. The number of esters is 1. The fraction of sp³-hybridized carbons (Fsp3) is 0.333.